The van der Waals surface area contributed by atoms with Crippen LogP contribution in [0.1, 0.15) is 62.5 Å². The van der Waals surface area contributed by atoms with Crippen LogP contribution in [0.2, 0.25) is 0 Å². The smallest absolute Gasteiger partial charge is 0.318 e. The summed E-state index contributed by atoms with van der Waals surface area (Å²) in [6.45, 7) is 5.83. The van der Waals surface area contributed by atoms with Crippen LogP contribution in [0.5, 0.6) is 11.5 Å². The van der Waals surface area contributed by atoms with Gasteiger partial charge in [-0.1, -0.05) is 42.0 Å². The number of amides is 2. The molecule has 0 fully saturated rings. The highest BCUT2D eigenvalue weighted by Crippen LogP contribution is 2.42. The van der Waals surface area contributed by atoms with Crippen LogP contribution in [0.3, 0.4) is 0 Å². The van der Waals surface area contributed by atoms with E-state index < -0.39 is 0 Å². The predicted molar refractivity (Wildman–Crippen MR) is 165 cm³/mol. The average molecular weight is 562 g/mol. The number of carbonyl (C=O) groups excluding carboxylic acids is 1. The zero-order chi connectivity index (χ0) is 29.1. The van der Waals surface area contributed by atoms with Gasteiger partial charge in [0.15, 0.2) is 11.5 Å². The van der Waals surface area contributed by atoms with Gasteiger partial charge in [0.2, 0.25) is 0 Å². The van der Waals surface area contributed by atoms with Crippen LogP contribution < -0.4 is 14.8 Å². The molecule has 0 saturated carbocycles. The number of benzene rings is 3. The number of carbonyl (C=O) groups is 1. The van der Waals surface area contributed by atoms with Crippen LogP contribution in [0, 0.1) is 13.8 Å². The minimum atomic E-state index is -0.239. The minimum absolute atomic E-state index is 0.0858. The zero-order valence-corrected chi connectivity index (χ0v) is 24.8. The average Bonchev–Trinajstić information content (AvgIpc) is 3.48. The summed E-state index contributed by atoms with van der Waals surface area (Å²) in [4.78, 5) is 19.7. The molecule has 2 amide bonds. The van der Waals surface area contributed by atoms with Gasteiger partial charge in [-0.2, -0.15) is 0 Å². The fourth-order valence-corrected chi connectivity index (χ4v) is 6.43. The van der Waals surface area contributed by atoms with Crippen LogP contribution in [-0.2, 0) is 32.2 Å². The van der Waals surface area contributed by atoms with Crippen molar-refractivity contribution in [1.29, 1.82) is 0 Å². The van der Waals surface area contributed by atoms with Gasteiger partial charge in [0, 0.05) is 31.9 Å². The normalized spacial score (nSPS) is 15.6. The lowest BCUT2D eigenvalue weighted by molar-refractivity contribution is 0.179. The topological polar surface area (TPSA) is 63.7 Å². The van der Waals surface area contributed by atoms with E-state index in [1.807, 2.05) is 17.0 Å². The Kier molecular flexibility index (Phi) is 8.13. The van der Waals surface area contributed by atoms with E-state index >= 15 is 0 Å². The molecule has 1 atom stereocenters. The summed E-state index contributed by atoms with van der Waals surface area (Å²) < 4.78 is 12.2. The van der Waals surface area contributed by atoms with Gasteiger partial charge in [0.25, 0.3) is 0 Å². The van der Waals surface area contributed by atoms with Crippen LogP contribution in [0.4, 0.5) is 4.79 Å². The molecule has 0 spiro atoms. The van der Waals surface area contributed by atoms with E-state index in [2.05, 4.69) is 72.7 Å². The van der Waals surface area contributed by atoms with Crippen molar-refractivity contribution >= 4 is 6.03 Å². The molecule has 3 aromatic carbocycles. The van der Waals surface area contributed by atoms with Gasteiger partial charge in [-0.3, -0.25) is 4.98 Å². The van der Waals surface area contributed by atoms with Gasteiger partial charge >= 0.3 is 6.03 Å². The third-order valence-corrected chi connectivity index (χ3v) is 8.64. The van der Waals surface area contributed by atoms with E-state index in [-0.39, 0.29) is 12.1 Å². The standard InChI is InChI=1S/C36H39N3O3/c1-24-7-10-31(25(2)19-24)35-32-22-34(42-18-14-26-8-9-28-5-4-6-29(28)20-26)33(41-3)21-30(32)13-17-39(35)36(40)38-23-27-11-15-37-16-12-27/h7-12,15-16,19-22,35H,4-6,13-14,17-18,23H2,1-3H3,(H,38,40). The number of fused-ring (bicyclic) bond motifs is 2. The van der Waals surface area contributed by atoms with Crippen LogP contribution >= 0.6 is 0 Å². The number of rotatable bonds is 8. The molecule has 2 heterocycles. The van der Waals surface area contributed by atoms with Crippen molar-refractivity contribution in [2.75, 3.05) is 20.3 Å². The molecule has 1 N–H and O–H groups in total. The number of pyridine rings is 1. The Labute approximate surface area is 248 Å². The second kappa shape index (κ2) is 12.3. The maximum atomic E-state index is 13.7. The van der Waals surface area contributed by atoms with Crippen molar-refractivity contribution < 1.29 is 14.3 Å². The van der Waals surface area contributed by atoms with E-state index in [9.17, 15) is 4.79 Å². The molecular formula is C36H39N3O3. The summed E-state index contributed by atoms with van der Waals surface area (Å²) >= 11 is 0. The molecule has 1 aliphatic carbocycles. The first-order valence-corrected chi connectivity index (χ1v) is 14.9. The molecule has 2 aliphatic rings. The number of urea groups is 1. The number of methoxy groups -OCH3 is 1. The third kappa shape index (κ3) is 5.85. The molecule has 216 valence electrons. The summed E-state index contributed by atoms with van der Waals surface area (Å²) in [6, 6.07) is 21.0. The lowest BCUT2D eigenvalue weighted by atomic mass is 9.85. The largest absolute Gasteiger partial charge is 0.493 e. The van der Waals surface area contributed by atoms with E-state index in [1.54, 1.807) is 19.5 Å². The van der Waals surface area contributed by atoms with E-state index in [1.165, 1.54) is 47.1 Å². The quantitative estimate of drug-likeness (QED) is 0.261. The van der Waals surface area contributed by atoms with Gasteiger partial charge in [0.05, 0.1) is 19.8 Å². The fraction of sp³-hybridized carbons (Fsp3) is 0.333. The minimum Gasteiger partial charge on any atom is -0.493 e. The highest BCUT2D eigenvalue weighted by molar-refractivity contribution is 5.76. The number of nitrogens with one attached hydrogen (secondary N) is 1. The first-order valence-electron chi connectivity index (χ1n) is 14.9. The molecule has 6 heteroatoms. The van der Waals surface area contributed by atoms with Gasteiger partial charge < -0.3 is 19.7 Å². The van der Waals surface area contributed by atoms with Crippen molar-refractivity contribution in [3.8, 4) is 11.5 Å². The number of aromatic nitrogens is 1. The Bertz CT molecular complexity index is 1580. The number of hydrogen-bond acceptors (Lipinski definition) is 4. The molecule has 0 radical (unpaired) electrons. The lowest BCUT2D eigenvalue weighted by Gasteiger charge is -2.39. The van der Waals surface area contributed by atoms with Crippen LogP contribution in [0.15, 0.2) is 73.1 Å². The first kappa shape index (κ1) is 27.8. The Morgan fingerprint density at radius 1 is 0.881 bits per heavy atom. The van der Waals surface area contributed by atoms with Crippen molar-refractivity contribution in [3.05, 3.63) is 123 Å². The number of nitrogens with zero attached hydrogens (tertiary/aromatic N) is 2. The summed E-state index contributed by atoms with van der Waals surface area (Å²) in [7, 11) is 1.69. The van der Waals surface area contributed by atoms with Gasteiger partial charge in [-0.05, 0) is 108 Å². The number of ether oxygens (including phenoxy) is 2. The highest BCUT2D eigenvalue weighted by atomic mass is 16.5. The zero-order valence-electron chi connectivity index (χ0n) is 24.8. The maximum absolute atomic E-state index is 13.7. The van der Waals surface area contributed by atoms with E-state index in [0.717, 1.165) is 40.8 Å². The fourth-order valence-electron chi connectivity index (χ4n) is 6.43. The van der Waals surface area contributed by atoms with Crippen LogP contribution in [0.25, 0.3) is 0 Å². The summed E-state index contributed by atoms with van der Waals surface area (Å²) in [5, 5.41) is 3.14. The molecular weight excluding hydrogens is 522 g/mol. The molecule has 1 aromatic heterocycles. The second-order valence-corrected chi connectivity index (χ2v) is 11.5. The predicted octanol–water partition coefficient (Wildman–Crippen LogP) is 6.67. The number of aryl methyl sites for hydroxylation is 4. The molecule has 6 rings (SSSR count). The molecule has 4 aromatic rings. The molecule has 6 nitrogen and oxygen atoms in total. The van der Waals surface area contributed by atoms with Crippen molar-refractivity contribution in [2.45, 2.75) is 58.5 Å². The Balaban J connectivity index is 1.28. The van der Waals surface area contributed by atoms with Gasteiger partial charge in [-0.25, -0.2) is 4.79 Å². The Morgan fingerprint density at radius 2 is 1.71 bits per heavy atom. The van der Waals surface area contributed by atoms with Gasteiger partial charge in [-0.15, -0.1) is 0 Å². The van der Waals surface area contributed by atoms with Gasteiger partial charge in [0.1, 0.15) is 0 Å². The van der Waals surface area contributed by atoms with Crippen molar-refractivity contribution in [2.24, 2.45) is 0 Å². The van der Waals surface area contributed by atoms with E-state index in [4.69, 9.17) is 9.47 Å². The first-order chi connectivity index (χ1) is 20.5. The third-order valence-electron chi connectivity index (χ3n) is 8.64. The molecule has 42 heavy (non-hydrogen) atoms. The Hall–Kier alpha value is -4.32. The molecule has 0 bridgehead atoms. The maximum Gasteiger partial charge on any atom is 0.318 e. The number of hydrogen-bond donors (Lipinski definition) is 1. The second-order valence-electron chi connectivity index (χ2n) is 11.5. The molecule has 0 saturated heterocycles. The summed E-state index contributed by atoms with van der Waals surface area (Å²) in [6.07, 6.45) is 8.69. The monoisotopic (exact) mass is 561 g/mol. The summed E-state index contributed by atoms with van der Waals surface area (Å²) in [5.41, 5.74) is 11.0. The lowest BCUT2D eigenvalue weighted by Crippen LogP contribution is -2.46. The summed E-state index contributed by atoms with van der Waals surface area (Å²) in [5.74, 6) is 1.45. The van der Waals surface area contributed by atoms with Crippen molar-refractivity contribution in [3.63, 3.8) is 0 Å². The van der Waals surface area contributed by atoms with Crippen molar-refractivity contribution in [1.82, 2.24) is 15.2 Å². The SMILES string of the molecule is COc1cc2c(cc1OCCc1ccc3c(c1)CCC3)C(c1ccc(C)cc1C)N(C(=O)NCc1ccncc1)CC2. The van der Waals surface area contributed by atoms with E-state index in [0.29, 0.717) is 25.4 Å². The highest BCUT2D eigenvalue weighted by Gasteiger charge is 2.34. The van der Waals surface area contributed by atoms with Crippen LogP contribution in [-0.4, -0.2) is 36.2 Å². The molecule has 1 aliphatic heterocycles. The Morgan fingerprint density at radius 3 is 2.52 bits per heavy atom. The molecule has 1 unspecified atom stereocenters.